The van der Waals surface area contributed by atoms with Crippen molar-refractivity contribution < 1.29 is 30.8 Å². The molecule has 0 aliphatic carbocycles. The molecule has 118 valence electrons. The second kappa shape index (κ2) is 6.16. The van der Waals surface area contributed by atoms with Crippen LogP contribution in [-0.4, -0.2) is 27.0 Å². The van der Waals surface area contributed by atoms with Gasteiger partial charge in [-0.1, -0.05) is 11.6 Å². The van der Waals surface area contributed by atoms with Crippen molar-refractivity contribution in [3.63, 3.8) is 0 Å². The van der Waals surface area contributed by atoms with Gasteiger partial charge in [-0.2, -0.15) is 13.2 Å². The van der Waals surface area contributed by atoms with Crippen molar-refractivity contribution in [2.24, 2.45) is 5.14 Å². The van der Waals surface area contributed by atoms with Crippen molar-refractivity contribution in [2.45, 2.75) is 17.5 Å². The molecule has 0 spiro atoms. The van der Waals surface area contributed by atoms with Crippen LogP contribution in [0.3, 0.4) is 0 Å². The van der Waals surface area contributed by atoms with Crippen molar-refractivity contribution in [1.29, 1.82) is 0 Å². The predicted molar refractivity (Wildman–Crippen MR) is 65.8 cm³/mol. The summed E-state index contributed by atoms with van der Waals surface area (Å²) in [5, 5.41) is 6.25. The van der Waals surface area contributed by atoms with E-state index in [2.05, 4.69) is 0 Å². The fourth-order valence-corrected chi connectivity index (χ4v) is 2.28. The van der Waals surface area contributed by atoms with Crippen LogP contribution in [0.15, 0.2) is 17.0 Å². The van der Waals surface area contributed by atoms with Gasteiger partial charge in [-0.3, -0.25) is 4.79 Å². The molecule has 0 heterocycles. The van der Waals surface area contributed by atoms with Gasteiger partial charge in [-0.15, -0.1) is 0 Å². The Hall–Kier alpha value is -1.39. The lowest BCUT2D eigenvalue weighted by molar-refractivity contribution is -0.132. The van der Waals surface area contributed by atoms with E-state index in [9.17, 15) is 30.8 Å². The fourth-order valence-electron chi connectivity index (χ4n) is 1.35. The fraction of sp³-hybridized carbons (Fsp3) is 0.300. The number of nitrogens with two attached hydrogens (primary N) is 1. The second-order valence-electron chi connectivity index (χ2n) is 3.93. The van der Waals surface area contributed by atoms with Crippen molar-refractivity contribution in [1.82, 2.24) is 5.32 Å². The molecule has 1 rings (SSSR count). The van der Waals surface area contributed by atoms with E-state index < -0.39 is 51.3 Å². The first-order chi connectivity index (χ1) is 9.42. The molecule has 11 heteroatoms. The standard InChI is InChI=1S/C10H9ClF4N2O3S/c11-5-3-6(8(12)7(4-5)21(16,19)20)9(18)17-2-1-10(13,14)15/h3-4H,1-2H2,(H,17,18)(H2,16,19,20). The average molecular weight is 349 g/mol. The third-order valence-electron chi connectivity index (χ3n) is 2.25. The summed E-state index contributed by atoms with van der Waals surface area (Å²) < 4.78 is 71.9. The minimum atomic E-state index is -4.49. The van der Waals surface area contributed by atoms with Crippen LogP contribution in [-0.2, 0) is 10.0 Å². The molecule has 0 atom stereocenters. The molecule has 1 aromatic carbocycles. The number of carbonyl (C=O) groups is 1. The van der Waals surface area contributed by atoms with Crippen molar-refractivity contribution in [3.8, 4) is 0 Å². The molecule has 0 unspecified atom stereocenters. The maximum absolute atomic E-state index is 13.9. The largest absolute Gasteiger partial charge is 0.390 e. The van der Waals surface area contributed by atoms with E-state index in [1.807, 2.05) is 5.32 Å². The Kier molecular flexibility index (Phi) is 5.18. The zero-order valence-corrected chi connectivity index (χ0v) is 11.7. The Bertz CT molecular complexity index is 661. The van der Waals surface area contributed by atoms with Gasteiger partial charge in [0.05, 0.1) is 12.0 Å². The number of rotatable bonds is 4. The summed E-state index contributed by atoms with van der Waals surface area (Å²) in [4.78, 5) is 10.6. The highest BCUT2D eigenvalue weighted by Gasteiger charge is 2.27. The summed E-state index contributed by atoms with van der Waals surface area (Å²) in [7, 11) is -4.48. The summed E-state index contributed by atoms with van der Waals surface area (Å²) in [6, 6.07) is 1.48. The Morgan fingerprint density at radius 1 is 1.33 bits per heavy atom. The lowest BCUT2D eigenvalue weighted by Gasteiger charge is -2.10. The Balaban J connectivity index is 3.03. The summed E-state index contributed by atoms with van der Waals surface area (Å²) in [6.07, 6.45) is -5.81. The van der Waals surface area contributed by atoms with Gasteiger partial charge in [-0.05, 0) is 12.1 Å². The Morgan fingerprint density at radius 3 is 2.38 bits per heavy atom. The van der Waals surface area contributed by atoms with Gasteiger partial charge in [0, 0.05) is 11.6 Å². The van der Waals surface area contributed by atoms with E-state index in [-0.39, 0.29) is 5.02 Å². The van der Waals surface area contributed by atoms with Crippen LogP contribution in [0.5, 0.6) is 0 Å². The molecule has 1 amide bonds. The van der Waals surface area contributed by atoms with Crippen molar-refractivity contribution in [2.75, 3.05) is 6.54 Å². The molecule has 5 nitrogen and oxygen atoms in total. The van der Waals surface area contributed by atoms with E-state index in [0.29, 0.717) is 6.07 Å². The van der Waals surface area contributed by atoms with Gasteiger partial charge < -0.3 is 5.32 Å². The quantitative estimate of drug-likeness (QED) is 0.813. The number of primary sulfonamides is 1. The summed E-state index contributed by atoms with van der Waals surface area (Å²) in [5.41, 5.74) is -0.811. The third-order valence-corrected chi connectivity index (χ3v) is 3.38. The molecule has 0 saturated heterocycles. The highest BCUT2D eigenvalue weighted by atomic mass is 35.5. The number of hydrogen-bond acceptors (Lipinski definition) is 3. The highest BCUT2D eigenvalue weighted by molar-refractivity contribution is 7.89. The number of alkyl halides is 3. The molecule has 1 aromatic rings. The van der Waals surface area contributed by atoms with Crippen LogP contribution in [0, 0.1) is 5.82 Å². The number of nitrogens with one attached hydrogen (secondary N) is 1. The highest BCUT2D eigenvalue weighted by Crippen LogP contribution is 2.23. The number of hydrogen-bond donors (Lipinski definition) is 2. The maximum atomic E-state index is 13.9. The summed E-state index contributed by atoms with van der Waals surface area (Å²) in [6.45, 7) is -0.793. The molecule has 21 heavy (non-hydrogen) atoms. The van der Waals surface area contributed by atoms with Crippen LogP contribution in [0.2, 0.25) is 5.02 Å². The molecule has 0 fully saturated rings. The normalized spacial score (nSPS) is 12.3. The molecule has 3 N–H and O–H groups in total. The third kappa shape index (κ3) is 5.14. The van der Waals surface area contributed by atoms with E-state index in [1.54, 1.807) is 0 Å². The first kappa shape index (κ1) is 17.7. The molecule has 0 saturated carbocycles. The average Bonchev–Trinajstić information content (AvgIpc) is 2.28. The van der Waals surface area contributed by atoms with Gasteiger partial charge >= 0.3 is 6.18 Å². The van der Waals surface area contributed by atoms with E-state index in [0.717, 1.165) is 6.07 Å². The van der Waals surface area contributed by atoms with Gasteiger partial charge in [0.2, 0.25) is 10.0 Å². The lowest BCUT2D eigenvalue weighted by Crippen LogP contribution is -2.29. The molecule has 0 aromatic heterocycles. The van der Waals surface area contributed by atoms with Gasteiger partial charge in [-0.25, -0.2) is 17.9 Å². The van der Waals surface area contributed by atoms with Crippen LogP contribution < -0.4 is 10.5 Å². The molecular formula is C10H9ClF4N2O3S. The molecule has 0 aliphatic heterocycles. The van der Waals surface area contributed by atoms with Gasteiger partial charge in [0.1, 0.15) is 4.90 Å². The number of carbonyl (C=O) groups excluding carboxylic acids is 1. The van der Waals surface area contributed by atoms with Gasteiger partial charge in [0.15, 0.2) is 5.82 Å². The van der Waals surface area contributed by atoms with Crippen LogP contribution in [0.25, 0.3) is 0 Å². The number of amides is 1. The minimum Gasteiger partial charge on any atom is -0.352 e. The Morgan fingerprint density at radius 2 is 1.90 bits per heavy atom. The predicted octanol–water partition coefficient (Wildman–Crippen LogP) is 1.81. The first-order valence-electron chi connectivity index (χ1n) is 5.28. The van der Waals surface area contributed by atoms with Crippen molar-refractivity contribution in [3.05, 3.63) is 28.5 Å². The number of sulfonamides is 1. The van der Waals surface area contributed by atoms with Crippen LogP contribution in [0.1, 0.15) is 16.8 Å². The summed E-state index contributed by atoms with van der Waals surface area (Å²) >= 11 is 5.53. The molecule has 0 bridgehead atoms. The SMILES string of the molecule is NS(=O)(=O)c1cc(Cl)cc(C(=O)NCCC(F)(F)F)c1F. The number of benzene rings is 1. The topological polar surface area (TPSA) is 89.3 Å². The maximum Gasteiger partial charge on any atom is 0.390 e. The van der Waals surface area contributed by atoms with Crippen molar-refractivity contribution >= 4 is 27.5 Å². The first-order valence-corrected chi connectivity index (χ1v) is 7.21. The summed E-state index contributed by atoms with van der Waals surface area (Å²) in [5.74, 6) is -2.71. The second-order valence-corrected chi connectivity index (χ2v) is 5.90. The van der Waals surface area contributed by atoms with E-state index in [1.165, 1.54) is 0 Å². The van der Waals surface area contributed by atoms with E-state index in [4.69, 9.17) is 16.7 Å². The molecule has 0 radical (unpaired) electrons. The number of halogens is 5. The van der Waals surface area contributed by atoms with E-state index >= 15 is 0 Å². The minimum absolute atomic E-state index is 0.304. The Labute approximate surface area is 122 Å². The van der Waals surface area contributed by atoms with Crippen LogP contribution in [0.4, 0.5) is 17.6 Å². The van der Waals surface area contributed by atoms with Gasteiger partial charge in [0.25, 0.3) is 5.91 Å². The lowest BCUT2D eigenvalue weighted by atomic mass is 10.2. The molecular weight excluding hydrogens is 340 g/mol. The molecule has 0 aliphatic rings. The monoisotopic (exact) mass is 348 g/mol. The zero-order valence-electron chi connectivity index (χ0n) is 10.2. The smallest absolute Gasteiger partial charge is 0.352 e. The zero-order chi connectivity index (χ0) is 16.4. The van der Waals surface area contributed by atoms with Crippen LogP contribution >= 0.6 is 11.6 Å².